The molecule has 1 unspecified atom stereocenters. The Morgan fingerprint density at radius 2 is 1.35 bits per heavy atom. The number of aryl methyl sites for hydroxylation is 1. The molecule has 4 N–H and O–H groups in total. The van der Waals surface area contributed by atoms with Crippen LogP contribution >= 0.6 is 27.5 Å². The first-order chi connectivity index (χ1) is 43.0. The lowest BCUT2D eigenvalue weighted by molar-refractivity contribution is -0.149. The molecule has 3 saturated heterocycles. The van der Waals surface area contributed by atoms with Crippen molar-refractivity contribution in [2.75, 3.05) is 75.1 Å². The molecule has 4 fully saturated rings. The molecular weight excluding hydrogens is 1280 g/mol. The zero-order chi connectivity index (χ0) is 68.5. The van der Waals surface area contributed by atoms with Crippen molar-refractivity contribution >= 4 is 86.6 Å². The van der Waals surface area contributed by atoms with E-state index < -0.39 is 154 Å². The lowest BCUT2D eigenvalue weighted by Gasteiger charge is -2.39. The standard InChI is InChI=1S/C65H94BrClF3N11O11/c1-14-40(6)54-61(90)76(9)35-53(84)77(10)36-64(37-92-64)80(13)50(33-43-19-23-44(66)24-20-43)60(89)75(8)34-51(82)72-47(26-22-42-21-25-45(46(67)32-42)65(68,69)70)59(88)81-29-17-18-48(81)57(86)74-63(27-15-16-28-63)62(91)79(12)55(39(4)5)58(87)71-41(7)31-52(83)78(11)49(30-38(2)3)56(85)73-54/h19-21,23-25,32,38-41,47-50,54-55H,14-18,22,26-31,33-37H2,1-13H3,(H,71,87)(H,72,82)(H,73,85)(H,74,86)/t40-,41+,47-,48-,49-,50-,54-,55-,64?/m0/s1. The second-order valence-corrected chi connectivity index (χ2v) is 27.8. The Morgan fingerprint density at radius 1 is 0.728 bits per heavy atom. The van der Waals surface area contributed by atoms with E-state index in [-0.39, 0.29) is 77.0 Å². The second-order valence-electron chi connectivity index (χ2n) is 26.5. The Labute approximate surface area is 552 Å². The van der Waals surface area contributed by atoms with Gasteiger partial charge in [-0.1, -0.05) is 107 Å². The van der Waals surface area contributed by atoms with Gasteiger partial charge in [0.1, 0.15) is 35.7 Å². The molecule has 0 radical (unpaired) electrons. The van der Waals surface area contributed by atoms with Crippen LogP contribution in [0.15, 0.2) is 46.9 Å². The summed E-state index contributed by atoms with van der Waals surface area (Å²) in [6.07, 6.45) is -2.39. The Morgan fingerprint density at radius 3 is 1.92 bits per heavy atom. The zero-order valence-corrected chi connectivity index (χ0v) is 57.7. The van der Waals surface area contributed by atoms with Gasteiger partial charge in [0.05, 0.1) is 42.9 Å². The Hall–Kier alpha value is -6.38. The van der Waals surface area contributed by atoms with Crippen molar-refractivity contribution in [1.29, 1.82) is 0 Å². The van der Waals surface area contributed by atoms with Crippen molar-refractivity contribution in [3.8, 4) is 0 Å². The van der Waals surface area contributed by atoms with E-state index >= 15 is 9.59 Å². The summed E-state index contributed by atoms with van der Waals surface area (Å²) in [7, 11) is 9.03. The van der Waals surface area contributed by atoms with Gasteiger partial charge in [0.2, 0.25) is 59.1 Å². The molecule has 4 aliphatic rings. The topological polar surface area (TPSA) is 254 Å². The molecule has 2 aromatic rings. The number of fused-ring (bicyclic) bond motifs is 1. The summed E-state index contributed by atoms with van der Waals surface area (Å²) < 4.78 is 48.3. The van der Waals surface area contributed by atoms with Crippen LogP contribution in [0.4, 0.5) is 13.2 Å². The molecule has 6 rings (SSSR count). The molecule has 1 saturated carbocycles. The number of epoxide rings is 1. The number of likely N-dealkylation sites (N-methyl/N-ethyl adjacent to an activating group) is 6. The summed E-state index contributed by atoms with van der Waals surface area (Å²) >= 11 is 9.59. The first-order valence-electron chi connectivity index (χ1n) is 31.8. The number of nitrogens with one attached hydrogen (secondary N) is 4. The number of ether oxygens (including phenoxy) is 1. The van der Waals surface area contributed by atoms with Gasteiger partial charge in [-0.25, -0.2) is 0 Å². The summed E-state index contributed by atoms with van der Waals surface area (Å²) in [6, 6.07) is 2.84. The van der Waals surface area contributed by atoms with E-state index in [9.17, 15) is 51.5 Å². The number of hydrogen-bond acceptors (Lipinski definition) is 12. The average Bonchev–Trinajstić information content (AvgIpc) is 1.58. The van der Waals surface area contributed by atoms with Crippen LogP contribution in [0.5, 0.6) is 0 Å². The molecule has 22 nitrogen and oxygen atoms in total. The van der Waals surface area contributed by atoms with Crippen LogP contribution in [0.25, 0.3) is 0 Å². The highest BCUT2D eigenvalue weighted by Crippen LogP contribution is 2.38. The van der Waals surface area contributed by atoms with E-state index in [1.807, 2.05) is 45.0 Å². The van der Waals surface area contributed by atoms with Gasteiger partial charge in [0, 0.05) is 58.7 Å². The molecular formula is C65H94BrClF3N11O11. The van der Waals surface area contributed by atoms with Gasteiger partial charge in [0.15, 0.2) is 5.72 Å². The largest absolute Gasteiger partial charge is 0.417 e. The van der Waals surface area contributed by atoms with Gasteiger partial charge in [-0.15, -0.1) is 0 Å². The SMILES string of the molecule is CC[C@H](C)[C@@H]1NC(=O)[C@H](CC(C)C)N(C)C(=O)C[C@@H](C)NC(=O)[C@H](C(C)C)N(C)C(=O)C2(CCCC2)NC(=O)[C@@H]2CCCN2C(=O)[C@H](CCc2ccc(C(F)(F)F)c(Cl)c2)NC(=O)CN(C)C(=O)[C@H](Cc2ccc(Br)cc2)N(C)C2(CO2)CN(C)C(=O)CN(C)C1=O. The van der Waals surface area contributed by atoms with E-state index in [0.717, 1.165) is 22.2 Å². The molecule has 10 amide bonds. The Kier molecular flexibility index (Phi) is 25.7. The maximum Gasteiger partial charge on any atom is 0.417 e. The van der Waals surface area contributed by atoms with Crippen molar-refractivity contribution in [2.24, 2.45) is 17.8 Å². The molecule has 2 aromatic carbocycles. The summed E-state index contributed by atoms with van der Waals surface area (Å²) in [5.41, 5.74) is -2.72. The van der Waals surface area contributed by atoms with Gasteiger partial charge in [0.25, 0.3) is 0 Å². The number of halogens is 5. The first-order valence-corrected chi connectivity index (χ1v) is 33.0. The maximum absolute atomic E-state index is 15.1. The summed E-state index contributed by atoms with van der Waals surface area (Å²) in [5, 5.41) is 11.0. The Bertz CT molecular complexity index is 3020. The van der Waals surface area contributed by atoms with Crippen molar-refractivity contribution < 1.29 is 65.9 Å². The van der Waals surface area contributed by atoms with Crippen LogP contribution in [0.2, 0.25) is 5.02 Å². The quantitative estimate of drug-likeness (QED) is 0.218. The minimum absolute atomic E-state index is 0.0596. The monoisotopic (exact) mass is 1380 g/mol. The van der Waals surface area contributed by atoms with Crippen LogP contribution in [0.3, 0.4) is 0 Å². The number of benzene rings is 2. The number of alkyl halides is 3. The van der Waals surface area contributed by atoms with E-state index in [1.54, 1.807) is 39.6 Å². The third-order valence-electron chi connectivity index (χ3n) is 18.5. The number of hydrogen-bond donors (Lipinski definition) is 4. The van der Waals surface area contributed by atoms with Crippen LogP contribution < -0.4 is 21.3 Å². The fraction of sp³-hybridized carbons (Fsp3) is 0.662. The van der Waals surface area contributed by atoms with E-state index in [0.29, 0.717) is 31.2 Å². The number of amides is 10. The van der Waals surface area contributed by atoms with Crippen molar-refractivity contribution in [1.82, 2.24) is 55.6 Å². The van der Waals surface area contributed by atoms with Gasteiger partial charge in [-0.05, 0) is 118 Å². The number of carbonyl (C=O) groups excluding carboxylic acids is 10. The highest BCUT2D eigenvalue weighted by Gasteiger charge is 2.54. The lowest BCUT2D eigenvalue weighted by Crippen LogP contribution is -2.64. The van der Waals surface area contributed by atoms with Crippen LogP contribution in [0.1, 0.15) is 129 Å². The molecule has 27 heteroatoms. The highest BCUT2D eigenvalue weighted by atomic mass is 79.9. The number of nitrogens with zero attached hydrogens (tertiary/aromatic N) is 7. The summed E-state index contributed by atoms with van der Waals surface area (Å²) in [4.78, 5) is 155. The van der Waals surface area contributed by atoms with Crippen molar-refractivity contribution in [3.63, 3.8) is 0 Å². The molecule has 3 heterocycles. The maximum atomic E-state index is 15.1. The third-order valence-corrected chi connectivity index (χ3v) is 19.4. The average molecular weight is 1380 g/mol. The van der Waals surface area contributed by atoms with Crippen LogP contribution in [-0.2, 0) is 71.7 Å². The van der Waals surface area contributed by atoms with Gasteiger partial charge >= 0.3 is 6.18 Å². The normalized spacial score (nSPS) is 27.0. The minimum atomic E-state index is -4.74. The third kappa shape index (κ3) is 18.5. The number of carbonyl (C=O) groups is 10. The van der Waals surface area contributed by atoms with Crippen molar-refractivity contribution in [2.45, 2.75) is 185 Å². The molecule has 1 aliphatic carbocycles. The van der Waals surface area contributed by atoms with E-state index in [1.165, 1.54) is 70.7 Å². The smallest absolute Gasteiger partial charge is 0.351 e. The predicted molar refractivity (Wildman–Crippen MR) is 343 cm³/mol. The minimum Gasteiger partial charge on any atom is -0.351 e. The highest BCUT2D eigenvalue weighted by molar-refractivity contribution is 9.10. The summed E-state index contributed by atoms with van der Waals surface area (Å²) in [6.45, 7) is 11.7. The fourth-order valence-corrected chi connectivity index (χ4v) is 13.3. The van der Waals surface area contributed by atoms with Gasteiger partial charge in [-0.3, -0.25) is 52.8 Å². The second kappa shape index (κ2) is 31.7. The number of rotatable bonds is 10. The summed E-state index contributed by atoms with van der Waals surface area (Å²) in [5.74, 6) is -6.87. The molecule has 0 bridgehead atoms. The molecule has 3 aliphatic heterocycles. The predicted octanol–water partition coefficient (Wildman–Crippen LogP) is 5.40. The molecule has 92 heavy (non-hydrogen) atoms. The molecule has 9 atom stereocenters. The van der Waals surface area contributed by atoms with Gasteiger partial charge in [-0.2, -0.15) is 13.2 Å². The molecule has 510 valence electrons. The lowest BCUT2D eigenvalue weighted by atomic mass is 9.92. The molecule has 2 spiro atoms. The first kappa shape index (κ1) is 74.7. The zero-order valence-electron chi connectivity index (χ0n) is 55.3. The van der Waals surface area contributed by atoms with E-state index in [2.05, 4.69) is 37.2 Å². The van der Waals surface area contributed by atoms with Crippen molar-refractivity contribution in [3.05, 3.63) is 68.7 Å². The van der Waals surface area contributed by atoms with Crippen LogP contribution in [-0.4, -0.2) is 222 Å². The van der Waals surface area contributed by atoms with E-state index in [4.69, 9.17) is 16.3 Å². The molecule has 0 aromatic heterocycles. The Balaban J connectivity index is 1.38. The van der Waals surface area contributed by atoms with Crippen LogP contribution in [0, 0.1) is 17.8 Å². The van der Waals surface area contributed by atoms with Gasteiger partial charge < -0.3 is 55.4 Å². The fourth-order valence-electron chi connectivity index (χ4n) is 12.8.